The van der Waals surface area contributed by atoms with E-state index in [2.05, 4.69) is 61.0 Å². The van der Waals surface area contributed by atoms with Crippen molar-refractivity contribution in [3.05, 3.63) is 51.5 Å². The number of benzene rings is 2. The van der Waals surface area contributed by atoms with Crippen LogP contribution >= 0.6 is 11.6 Å². The van der Waals surface area contributed by atoms with Gasteiger partial charge in [0, 0.05) is 29.8 Å². The minimum atomic E-state index is -0.222. The number of rotatable bonds is 8. The van der Waals surface area contributed by atoms with Crippen LogP contribution in [0.2, 0.25) is 5.02 Å². The summed E-state index contributed by atoms with van der Waals surface area (Å²) in [4.78, 5) is 17.0. The maximum Gasteiger partial charge on any atom is 0.206 e. The molecule has 1 aliphatic heterocycles. The molecular weight excluding hydrogens is 490 g/mol. The summed E-state index contributed by atoms with van der Waals surface area (Å²) in [5.74, 6) is 1.10. The third-order valence-electron chi connectivity index (χ3n) is 6.81. The third-order valence-corrected chi connectivity index (χ3v) is 7.24. The molecule has 0 atom stereocenters. The molecule has 37 heavy (non-hydrogen) atoms. The second-order valence-electron chi connectivity index (χ2n) is 10.3. The summed E-state index contributed by atoms with van der Waals surface area (Å²) < 4.78 is 11.4. The quantitative estimate of drug-likeness (QED) is 0.376. The van der Waals surface area contributed by atoms with Crippen LogP contribution in [0.25, 0.3) is 11.4 Å². The smallest absolute Gasteiger partial charge is 0.206 e. The first kappa shape index (κ1) is 27.1. The van der Waals surface area contributed by atoms with Crippen molar-refractivity contribution in [1.29, 1.82) is 0 Å². The molecule has 198 valence electrons. The van der Waals surface area contributed by atoms with Crippen LogP contribution in [0.5, 0.6) is 5.75 Å². The Hall–Kier alpha value is -2.97. The predicted octanol–water partition coefficient (Wildman–Crippen LogP) is 5.14. The number of carbonyl (C=O) groups is 1. The Labute approximate surface area is 223 Å². The first-order valence-corrected chi connectivity index (χ1v) is 13.2. The summed E-state index contributed by atoms with van der Waals surface area (Å²) in [5, 5.41) is 13.5. The van der Waals surface area contributed by atoms with E-state index in [0.717, 1.165) is 54.1 Å². The molecule has 0 aliphatic carbocycles. The summed E-state index contributed by atoms with van der Waals surface area (Å²) in [6.45, 7) is 13.3. The number of nitrogens with zero attached hydrogens (tertiary/aromatic N) is 5. The van der Waals surface area contributed by atoms with Crippen molar-refractivity contribution in [3.8, 4) is 17.1 Å². The fraction of sp³-hybridized carbons (Fsp3) is 0.500. The fourth-order valence-corrected chi connectivity index (χ4v) is 5.17. The number of methoxy groups -OCH3 is 1. The number of hydrogen-bond acceptors (Lipinski definition) is 7. The molecule has 0 unspecified atom stereocenters. The lowest BCUT2D eigenvalue weighted by Gasteiger charge is -2.33. The number of hydrogen-bond donors (Lipinski definition) is 0. The maximum atomic E-state index is 13.5. The molecule has 0 N–H and O–H groups in total. The molecule has 1 aromatic heterocycles. The standard InChI is InChI=1S/C28H36ClN5O3/c1-7-18-9-10-21(25(29)20(18)8-2)27-30-32-34(31-27)17-24(35)19-15-22(28(3,4)5)26(36-6)23(16-19)33-11-13-37-14-12-33/h9-10,15-16H,7-8,11-14,17H2,1-6H3. The highest BCUT2D eigenvalue weighted by atomic mass is 35.5. The van der Waals surface area contributed by atoms with Crippen molar-refractivity contribution < 1.29 is 14.3 Å². The predicted molar refractivity (Wildman–Crippen MR) is 146 cm³/mol. The molecular formula is C28H36ClN5O3. The van der Waals surface area contributed by atoms with Crippen LogP contribution in [0.1, 0.15) is 61.7 Å². The molecule has 8 nitrogen and oxygen atoms in total. The number of ether oxygens (including phenoxy) is 2. The number of ketones is 1. The average molecular weight is 526 g/mol. The Morgan fingerprint density at radius 1 is 1.14 bits per heavy atom. The molecule has 1 aliphatic rings. The molecule has 3 aromatic rings. The molecule has 1 saturated heterocycles. The van der Waals surface area contributed by atoms with Gasteiger partial charge in [0.2, 0.25) is 5.82 Å². The minimum absolute atomic E-state index is 0.0310. The zero-order valence-electron chi connectivity index (χ0n) is 22.6. The van der Waals surface area contributed by atoms with Crippen molar-refractivity contribution in [2.75, 3.05) is 38.3 Å². The number of halogens is 1. The van der Waals surface area contributed by atoms with Gasteiger partial charge in [-0.15, -0.1) is 10.2 Å². The lowest BCUT2D eigenvalue weighted by Crippen LogP contribution is -2.37. The largest absolute Gasteiger partial charge is 0.494 e. The maximum absolute atomic E-state index is 13.5. The first-order valence-electron chi connectivity index (χ1n) is 12.8. The van der Waals surface area contributed by atoms with Crippen molar-refractivity contribution >= 4 is 23.1 Å². The van der Waals surface area contributed by atoms with E-state index in [9.17, 15) is 4.79 Å². The van der Waals surface area contributed by atoms with E-state index in [-0.39, 0.29) is 17.7 Å². The molecule has 1 fully saturated rings. The number of aryl methyl sites for hydroxylation is 1. The highest BCUT2D eigenvalue weighted by molar-refractivity contribution is 6.34. The normalized spacial score (nSPS) is 14.2. The number of anilines is 1. The number of Topliss-reactive ketones (excluding diaryl/α,β-unsaturated/α-hetero) is 1. The van der Waals surface area contributed by atoms with Gasteiger partial charge in [-0.1, -0.05) is 52.3 Å². The van der Waals surface area contributed by atoms with Gasteiger partial charge in [-0.2, -0.15) is 4.80 Å². The highest BCUT2D eigenvalue weighted by Crippen LogP contribution is 2.40. The average Bonchev–Trinajstić information content (AvgIpc) is 3.35. The zero-order chi connectivity index (χ0) is 26.7. The molecule has 0 amide bonds. The molecule has 0 radical (unpaired) electrons. The van der Waals surface area contributed by atoms with Crippen LogP contribution in [-0.2, 0) is 29.5 Å². The van der Waals surface area contributed by atoms with Crippen molar-refractivity contribution in [1.82, 2.24) is 20.2 Å². The number of morpholine rings is 1. The van der Waals surface area contributed by atoms with Crippen LogP contribution in [0.15, 0.2) is 24.3 Å². The van der Waals surface area contributed by atoms with Gasteiger partial charge in [0.15, 0.2) is 5.78 Å². The van der Waals surface area contributed by atoms with Crippen molar-refractivity contribution in [2.24, 2.45) is 0 Å². The zero-order valence-corrected chi connectivity index (χ0v) is 23.4. The molecule has 9 heteroatoms. The molecule has 0 saturated carbocycles. The molecule has 0 spiro atoms. The van der Waals surface area contributed by atoms with Gasteiger partial charge in [-0.3, -0.25) is 4.79 Å². The molecule has 2 aromatic carbocycles. The van der Waals surface area contributed by atoms with E-state index in [0.29, 0.717) is 29.6 Å². The van der Waals surface area contributed by atoms with Gasteiger partial charge in [0.1, 0.15) is 12.3 Å². The van der Waals surface area contributed by atoms with Crippen LogP contribution in [0.3, 0.4) is 0 Å². The minimum Gasteiger partial charge on any atom is -0.494 e. The Kier molecular flexibility index (Phi) is 8.19. The monoisotopic (exact) mass is 525 g/mol. The van der Waals surface area contributed by atoms with E-state index in [1.165, 1.54) is 10.4 Å². The fourth-order valence-electron chi connectivity index (χ4n) is 4.77. The number of aromatic nitrogens is 4. The van der Waals surface area contributed by atoms with Crippen LogP contribution in [0, 0.1) is 0 Å². The lowest BCUT2D eigenvalue weighted by atomic mass is 9.84. The molecule has 4 rings (SSSR count). The van der Waals surface area contributed by atoms with Gasteiger partial charge in [0.05, 0.1) is 31.0 Å². The molecule has 2 heterocycles. The summed E-state index contributed by atoms with van der Waals surface area (Å²) in [7, 11) is 1.68. The van der Waals surface area contributed by atoms with Gasteiger partial charge in [0.25, 0.3) is 0 Å². The van der Waals surface area contributed by atoms with Crippen molar-refractivity contribution in [3.63, 3.8) is 0 Å². The Bertz CT molecular complexity index is 1280. The van der Waals surface area contributed by atoms with Crippen molar-refractivity contribution in [2.45, 2.75) is 59.4 Å². The Balaban J connectivity index is 1.66. The van der Waals surface area contributed by atoms with E-state index >= 15 is 0 Å². The topological polar surface area (TPSA) is 82.4 Å². The molecule has 0 bridgehead atoms. The third kappa shape index (κ3) is 5.65. The second-order valence-corrected chi connectivity index (χ2v) is 10.6. The number of carbonyl (C=O) groups excluding carboxylic acids is 1. The summed E-state index contributed by atoms with van der Waals surface area (Å²) in [5.41, 5.74) is 5.28. The van der Waals surface area contributed by atoms with Crippen LogP contribution < -0.4 is 9.64 Å². The van der Waals surface area contributed by atoms with Gasteiger partial charge in [-0.05, 0) is 52.8 Å². The summed E-state index contributed by atoms with van der Waals surface area (Å²) in [6.07, 6.45) is 1.73. The second kappa shape index (κ2) is 11.2. The van der Waals surface area contributed by atoms with E-state index in [4.69, 9.17) is 21.1 Å². The van der Waals surface area contributed by atoms with Crippen LogP contribution in [0.4, 0.5) is 5.69 Å². The Morgan fingerprint density at radius 2 is 1.86 bits per heavy atom. The summed E-state index contributed by atoms with van der Waals surface area (Å²) in [6, 6.07) is 7.83. The van der Waals surface area contributed by atoms with E-state index in [1.54, 1.807) is 7.11 Å². The number of tetrazole rings is 1. The van der Waals surface area contributed by atoms with E-state index < -0.39 is 0 Å². The lowest BCUT2D eigenvalue weighted by molar-refractivity contribution is 0.0961. The van der Waals surface area contributed by atoms with Gasteiger partial charge >= 0.3 is 0 Å². The SMILES string of the molecule is CCc1ccc(-c2nnn(CC(=O)c3cc(N4CCOCC4)c(OC)c(C(C)(C)C)c3)n2)c(Cl)c1CC. The summed E-state index contributed by atoms with van der Waals surface area (Å²) >= 11 is 6.71. The first-order chi connectivity index (χ1) is 17.7. The van der Waals surface area contributed by atoms with Gasteiger partial charge in [-0.25, -0.2) is 0 Å². The van der Waals surface area contributed by atoms with Gasteiger partial charge < -0.3 is 14.4 Å². The Morgan fingerprint density at radius 3 is 2.49 bits per heavy atom. The van der Waals surface area contributed by atoms with Crippen LogP contribution in [-0.4, -0.2) is 59.4 Å². The highest BCUT2D eigenvalue weighted by Gasteiger charge is 2.27. The van der Waals surface area contributed by atoms with E-state index in [1.807, 2.05) is 18.2 Å².